The van der Waals surface area contributed by atoms with Gasteiger partial charge in [-0.15, -0.1) is 11.3 Å². The van der Waals surface area contributed by atoms with Gasteiger partial charge in [-0.1, -0.05) is 11.6 Å². The summed E-state index contributed by atoms with van der Waals surface area (Å²) in [4.78, 5) is 28.3. The molecular formula is C19H16ClN3O4S. The van der Waals surface area contributed by atoms with Gasteiger partial charge in [0, 0.05) is 22.6 Å². The first-order chi connectivity index (χ1) is 13.4. The molecular weight excluding hydrogens is 402 g/mol. The van der Waals surface area contributed by atoms with E-state index < -0.39 is 10.8 Å². The summed E-state index contributed by atoms with van der Waals surface area (Å²) in [6.07, 6.45) is 0. The fourth-order valence-corrected chi connectivity index (χ4v) is 3.59. The fraction of sp³-hybridized carbons (Fsp3) is 0.158. The molecule has 0 aliphatic rings. The van der Waals surface area contributed by atoms with Crippen molar-refractivity contribution in [2.75, 3.05) is 11.9 Å². The number of hydrogen-bond donors (Lipinski definition) is 1. The molecule has 9 heteroatoms. The van der Waals surface area contributed by atoms with Gasteiger partial charge < -0.3 is 4.74 Å². The number of carbonyl (C=O) groups excluding carboxylic acids is 1. The number of aryl methyl sites for hydroxylation is 1. The van der Waals surface area contributed by atoms with E-state index in [1.807, 2.05) is 38.1 Å². The third-order valence-corrected chi connectivity index (χ3v) is 5.08. The first-order valence-electron chi connectivity index (χ1n) is 8.35. The van der Waals surface area contributed by atoms with Crippen molar-refractivity contribution in [2.45, 2.75) is 13.8 Å². The molecule has 0 fully saturated rings. The normalized spacial score (nSPS) is 10.5. The Hall–Kier alpha value is -2.97. The third-order valence-electron chi connectivity index (χ3n) is 3.86. The number of nitrogens with one attached hydrogen (secondary N) is 1. The number of halogens is 1. The Balaban J connectivity index is 1.82. The van der Waals surface area contributed by atoms with Crippen LogP contribution in [0, 0.1) is 17.0 Å². The predicted molar refractivity (Wildman–Crippen MR) is 110 cm³/mol. The van der Waals surface area contributed by atoms with Crippen molar-refractivity contribution in [2.24, 2.45) is 0 Å². The van der Waals surface area contributed by atoms with Crippen molar-refractivity contribution in [1.82, 2.24) is 4.98 Å². The average Bonchev–Trinajstić information content (AvgIpc) is 3.02. The summed E-state index contributed by atoms with van der Waals surface area (Å²) in [5.74, 6) is 0.216. The lowest BCUT2D eigenvalue weighted by molar-refractivity contribution is -0.384. The number of carbonyl (C=O) groups is 1. The number of ether oxygens (including phenoxy) is 1. The topological polar surface area (TPSA) is 94.4 Å². The third kappa shape index (κ3) is 4.29. The molecule has 1 N–H and O–H groups in total. The summed E-state index contributed by atoms with van der Waals surface area (Å²) in [5, 5.41) is 14.1. The highest BCUT2D eigenvalue weighted by Gasteiger charge is 2.18. The summed E-state index contributed by atoms with van der Waals surface area (Å²) >= 11 is 7.33. The summed E-state index contributed by atoms with van der Waals surface area (Å²) in [6, 6.07) is 11.2. The number of anilines is 1. The Kier molecular flexibility index (Phi) is 5.91. The number of benzene rings is 2. The number of nitro benzene ring substituents is 1. The number of nitrogens with zero attached hydrogens (tertiary/aromatic N) is 2. The molecule has 1 heterocycles. The van der Waals surface area contributed by atoms with Crippen LogP contribution in [-0.4, -0.2) is 22.4 Å². The second-order valence-electron chi connectivity index (χ2n) is 5.76. The van der Waals surface area contributed by atoms with Crippen molar-refractivity contribution in [1.29, 1.82) is 0 Å². The lowest BCUT2D eigenvalue weighted by Crippen LogP contribution is -2.12. The smallest absolute Gasteiger partial charge is 0.270 e. The Bertz CT molecular complexity index is 1030. The summed E-state index contributed by atoms with van der Waals surface area (Å²) < 4.78 is 5.44. The van der Waals surface area contributed by atoms with Gasteiger partial charge >= 0.3 is 0 Å². The van der Waals surface area contributed by atoms with Crippen molar-refractivity contribution in [3.05, 3.63) is 68.0 Å². The van der Waals surface area contributed by atoms with Gasteiger partial charge in [0.05, 0.1) is 27.8 Å². The first-order valence-corrected chi connectivity index (χ1v) is 9.54. The number of non-ortho nitro benzene ring substituents is 1. The quantitative estimate of drug-likeness (QED) is 0.432. The van der Waals surface area contributed by atoms with Crippen LogP contribution < -0.4 is 10.1 Å². The zero-order valence-electron chi connectivity index (χ0n) is 15.1. The van der Waals surface area contributed by atoms with E-state index in [1.165, 1.54) is 23.5 Å². The van der Waals surface area contributed by atoms with E-state index in [0.29, 0.717) is 11.7 Å². The molecule has 0 atom stereocenters. The first kappa shape index (κ1) is 19.8. The molecule has 0 aliphatic heterocycles. The minimum Gasteiger partial charge on any atom is -0.494 e. The molecule has 3 aromatic rings. The fourth-order valence-electron chi connectivity index (χ4n) is 2.56. The van der Waals surface area contributed by atoms with E-state index in [0.717, 1.165) is 28.0 Å². The number of nitro groups is 1. The monoisotopic (exact) mass is 417 g/mol. The van der Waals surface area contributed by atoms with E-state index in [-0.39, 0.29) is 16.3 Å². The highest BCUT2D eigenvalue weighted by molar-refractivity contribution is 7.16. The van der Waals surface area contributed by atoms with Crippen LogP contribution in [0.2, 0.25) is 5.02 Å². The minimum absolute atomic E-state index is 0.0198. The molecule has 0 radical (unpaired) electrons. The van der Waals surface area contributed by atoms with Crippen LogP contribution in [0.4, 0.5) is 10.8 Å². The predicted octanol–water partition coefficient (Wildman–Crippen LogP) is 5.33. The van der Waals surface area contributed by atoms with Gasteiger partial charge in [-0.3, -0.25) is 20.2 Å². The van der Waals surface area contributed by atoms with E-state index in [2.05, 4.69) is 10.3 Å². The lowest BCUT2D eigenvalue weighted by atomic mass is 10.1. The van der Waals surface area contributed by atoms with E-state index in [1.54, 1.807) is 0 Å². The van der Waals surface area contributed by atoms with Crippen LogP contribution in [0.1, 0.15) is 22.2 Å². The van der Waals surface area contributed by atoms with E-state index >= 15 is 0 Å². The maximum atomic E-state index is 12.5. The number of hydrogen-bond acceptors (Lipinski definition) is 6. The van der Waals surface area contributed by atoms with Crippen LogP contribution >= 0.6 is 22.9 Å². The van der Waals surface area contributed by atoms with Gasteiger partial charge in [0.2, 0.25) is 0 Å². The molecule has 1 aromatic heterocycles. The Morgan fingerprint density at radius 2 is 2.00 bits per heavy atom. The standard InChI is InChI=1S/C19H16ClN3O4S/c1-3-27-14-7-4-12(5-8-14)17-11(2)28-19(21-17)22-18(24)15-10-13(23(25)26)6-9-16(15)20/h4-10H,3H2,1-2H3,(H,21,22,24). The lowest BCUT2D eigenvalue weighted by Gasteiger charge is -2.04. The summed E-state index contributed by atoms with van der Waals surface area (Å²) in [5.41, 5.74) is 1.45. The van der Waals surface area contributed by atoms with Crippen LogP contribution in [0.15, 0.2) is 42.5 Å². The number of rotatable bonds is 6. The Morgan fingerprint density at radius 3 is 2.64 bits per heavy atom. The number of amides is 1. The molecule has 3 rings (SSSR count). The second kappa shape index (κ2) is 8.37. The maximum Gasteiger partial charge on any atom is 0.270 e. The Labute approximate surface area is 170 Å². The van der Waals surface area contributed by atoms with Gasteiger partial charge in [-0.2, -0.15) is 0 Å². The largest absolute Gasteiger partial charge is 0.494 e. The second-order valence-corrected chi connectivity index (χ2v) is 7.37. The van der Waals surface area contributed by atoms with Crippen molar-refractivity contribution < 1.29 is 14.5 Å². The molecule has 144 valence electrons. The minimum atomic E-state index is -0.579. The van der Waals surface area contributed by atoms with Gasteiger partial charge in [0.1, 0.15) is 5.75 Å². The van der Waals surface area contributed by atoms with Gasteiger partial charge in [0.15, 0.2) is 5.13 Å². The molecule has 0 spiro atoms. The van der Waals surface area contributed by atoms with E-state index in [4.69, 9.17) is 16.3 Å². The molecule has 7 nitrogen and oxygen atoms in total. The number of aromatic nitrogens is 1. The zero-order valence-corrected chi connectivity index (χ0v) is 16.6. The maximum absolute atomic E-state index is 12.5. The van der Waals surface area contributed by atoms with Crippen molar-refractivity contribution in [3.63, 3.8) is 0 Å². The zero-order chi connectivity index (χ0) is 20.3. The average molecular weight is 418 g/mol. The van der Waals surface area contributed by atoms with Gasteiger partial charge in [-0.25, -0.2) is 4.98 Å². The molecule has 1 amide bonds. The van der Waals surface area contributed by atoms with E-state index in [9.17, 15) is 14.9 Å². The molecule has 0 aliphatic carbocycles. The van der Waals surface area contributed by atoms with Crippen molar-refractivity contribution >= 4 is 39.7 Å². The van der Waals surface area contributed by atoms with Crippen LogP contribution in [0.3, 0.4) is 0 Å². The van der Waals surface area contributed by atoms with Gasteiger partial charge in [-0.05, 0) is 44.2 Å². The molecule has 0 bridgehead atoms. The van der Waals surface area contributed by atoms with Crippen LogP contribution in [0.25, 0.3) is 11.3 Å². The van der Waals surface area contributed by atoms with Gasteiger partial charge in [0.25, 0.3) is 11.6 Å². The molecule has 0 unspecified atom stereocenters. The molecule has 0 saturated carbocycles. The highest BCUT2D eigenvalue weighted by atomic mass is 35.5. The molecule has 28 heavy (non-hydrogen) atoms. The Morgan fingerprint density at radius 1 is 1.29 bits per heavy atom. The van der Waals surface area contributed by atoms with Crippen LogP contribution in [0.5, 0.6) is 5.75 Å². The van der Waals surface area contributed by atoms with Crippen molar-refractivity contribution in [3.8, 4) is 17.0 Å². The summed E-state index contributed by atoms with van der Waals surface area (Å²) in [6.45, 7) is 4.41. The molecule has 0 saturated heterocycles. The molecule has 2 aromatic carbocycles. The number of thiazole rings is 1. The highest BCUT2D eigenvalue weighted by Crippen LogP contribution is 2.32. The SMILES string of the molecule is CCOc1ccc(-c2nc(NC(=O)c3cc([N+](=O)[O-])ccc3Cl)sc2C)cc1. The van der Waals surface area contributed by atoms with Crippen LogP contribution in [-0.2, 0) is 0 Å². The summed E-state index contributed by atoms with van der Waals surface area (Å²) in [7, 11) is 0.